The Morgan fingerprint density at radius 1 is 1.03 bits per heavy atom. The molecule has 0 aliphatic carbocycles. The summed E-state index contributed by atoms with van der Waals surface area (Å²) >= 11 is 0. The van der Waals surface area contributed by atoms with Gasteiger partial charge in [-0.05, 0) is 37.3 Å². The first-order valence-corrected chi connectivity index (χ1v) is 11.4. The fourth-order valence-corrected chi connectivity index (χ4v) is 4.09. The van der Waals surface area contributed by atoms with Gasteiger partial charge in [-0.3, -0.25) is 24.1 Å². The van der Waals surface area contributed by atoms with Gasteiger partial charge in [0.2, 0.25) is 10.0 Å². The van der Waals surface area contributed by atoms with E-state index in [4.69, 9.17) is 4.74 Å². The van der Waals surface area contributed by atoms with Gasteiger partial charge in [0.25, 0.3) is 17.7 Å². The van der Waals surface area contributed by atoms with Crippen LogP contribution in [0.15, 0.2) is 53.4 Å². The highest BCUT2D eigenvalue weighted by atomic mass is 32.2. The van der Waals surface area contributed by atoms with E-state index in [0.717, 1.165) is 9.21 Å². The third-order valence-electron chi connectivity index (χ3n) is 4.98. The van der Waals surface area contributed by atoms with Crippen LogP contribution in [0.1, 0.15) is 34.1 Å². The lowest BCUT2D eigenvalue weighted by atomic mass is 10.1. The maximum atomic E-state index is 12.4. The Morgan fingerprint density at radius 2 is 1.64 bits per heavy atom. The standard InChI is InChI=1S/C22H23N3O7S/c1-14(20(27)23-15-7-6-8-16(13-15)33(30,31)24(2)3)32-19(26)11-12-25-21(28)17-9-4-5-10-18(17)22(25)29/h4-10,13-14H,11-12H2,1-3H3,(H,23,27)/t14-/m0/s1. The van der Waals surface area contributed by atoms with Gasteiger partial charge in [0.1, 0.15) is 0 Å². The summed E-state index contributed by atoms with van der Waals surface area (Å²) in [7, 11) is -0.896. The summed E-state index contributed by atoms with van der Waals surface area (Å²) in [6.45, 7) is 1.18. The van der Waals surface area contributed by atoms with Crippen LogP contribution >= 0.6 is 0 Å². The van der Waals surface area contributed by atoms with E-state index in [2.05, 4.69) is 5.32 Å². The molecule has 0 saturated carbocycles. The monoisotopic (exact) mass is 473 g/mol. The van der Waals surface area contributed by atoms with Crippen LogP contribution in [0.25, 0.3) is 0 Å². The zero-order valence-corrected chi connectivity index (χ0v) is 19.1. The summed E-state index contributed by atoms with van der Waals surface area (Å²) < 4.78 is 30.6. The number of sulfonamides is 1. The van der Waals surface area contributed by atoms with Crippen LogP contribution in [0.3, 0.4) is 0 Å². The first kappa shape index (κ1) is 24.1. The molecule has 0 radical (unpaired) electrons. The molecule has 1 N–H and O–H groups in total. The van der Waals surface area contributed by atoms with Crippen molar-refractivity contribution < 1.29 is 32.3 Å². The van der Waals surface area contributed by atoms with Crippen LogP contribution in [-0.2, 0) is 24.3 Å². The molecule has 2 aromatic rings. The Kier molecular flexibility index (Phi) is 6.94. The number of fused-ring (bicyclic) bond motifs is 1. The molecule has 1 heterocycles. The molecule has 3 rings (SSSR count). The highest BCUT2D eigenvalue weighted by Gasteiger charge is 2.35. The second kappa shape index (κ2) is 9.51. The Bertz CT molecular complexity index is 1190. The molecule has 1 aliphatic heterocycles. The van der Waals surface area contributed by atoms with Gasteiger partial charge < -0.3 is 10.1 Å². The number of carbonyl (C=O) groups excluding carboxylic acids is 4. The second-order valence-corrected chi connectivity index (χ2v) is 9.65. The summed E-state index contributed by atoms with van der Waals surface area (Å²) in [6, 6.07) is 12.0. The molecular formula is C22H23N3O7S. The Hall–Kier alpha value is -3.57. The van der Waals surface area contributed by atoms with Crippen LogP contribution in [0.4, 0.5) is 5.69 Å². The molecular weight excluding hydrogens is 450 g/mol. The number of anilines is 1. The summed E-state index contributed by atoms with van der Waals surface area (Å²) in [5, 5.41) is 2.50. The van der Waals surface area contributed by atoms with Gasteiger partial charge in [0, 0.05) is 26.3 Å². The van der Waals surface area contributed by atoms with Gasteiger partial charge in [0.15, 0.2) is 6.10 Å². The van der Waals surface area contributed by atoms with Crippen molar-refractivity contribution in [3.63, 3.8) is 0 Å². The van der Waals surface area contributed by atoms with Crippen LogP contribution < -0.4 is 5.32 Å². The zero-order valence-electron chi connectivity index (χ0n) is 18.3. The molecule has 2 aromatic carbocycles. The zero-order chi connectivity index (χ0) is 24.3. The molecule has 10 nitrogen and oxygen atoms in total. The lowest BCUT2D eigenvalue weighted by molar-refractivity contribution is -0.153. The van der Waals surface area contributed by atoms with E-state index >= 15 is 0 Å². The van der Waals surface area contributed by atoms with E-state index < -0.39 is 39.8 Å². The van der Waals surface area contributed by atoms with E-state index in [1.54, 1.807) is 24.3 Å². The summed E-state index contributed by atoms with van der Waals surface area (Å²) in [6.07, 6.45) is -1.46. The predicted molar refractivity (Wildman–Crippen MR) is 118 cm³/mol. The molecule has 0 aromatic heterocycles. The molecule has 0 fully saturated rings. The highest BCUT2D eigenvalue weighted by molar-refractivity contribution is 7.89. The molecule has 0 spiro atoms. The molecule has 33 heavy (non-hydrogen) atoms. The van der Waals surface area contributed by atoms with Crippen molar-refractivity contribution in [2.75, 3.05) is 26.0 Å². The average Bonchev–Trinajstić information content (AvgIpc) is 3.02. The number of amides is 3. The summed E-state index contributed by atoms with van der Waals surface area (Å²) in [5.74, 6) is -2.40. The first-order valence-electron chi connectivity index (χ1n) is 10.0. The molecule has 1 aliphatic rings. The van der Waals surface area contributed by atoms with Crippen LogP contribution in [-0.4, -0.2) is 68.1 Å². The lowest BCUT2D eigenvalue weighted by Gasteiger charge is -2.16. The number of imide groups is 1. The molecule has 1 atom stereocenters. The lowest BCUT2D eigenvalue weighted by Crippen LogP contribution is -2.34. The van der Waals surface area contributed by atoms with E-state index in [0.29, 0.717) is 0 Å². The minimum absolute atomic E-state index is 0.00380. The summed E-state index contributed by atoms with van der Waals surface area (Å²) in [4.78, 5) is 50.2. The number of rotatable bonds is 8. The molecule has 0 bridgehead atoms. The number of ether oxygens (including phenoxy) is 1. The number of carbonyl (C=O) groups is 4. The molecule has 174 valence electrons. The van der Waals surface area contributed by atoms with Crippen molar-refractivity contribution in [3.05, 3.63) is 59.7 Å². The fourth-order valence-electron chi connectivity index (χ4n) is 3.14. The Morgan fingerprint density at radius 3 is 2.21 bits per heavy atom. The van der Waals surface area contributed by atoms with E-state index in [1.165, 1.54) is 45.3 Å². The van der Waals surface area contributed by atoms with Crippen molar-refractivity contribution in [1.29, 1.82) is 0 Å². The van der Waals surface area contributed by atoms with E-state index in [1.807, 2.05) is 0 Å². The maximum absolute atomic E-state index is 12.4. The van der Waals surface area contributed by atoms with E-state index in [-0.39, 0.29) is 34.7 Å². The SMILES string of the molecule is C[C@H](OC(=O)CCN1C(=O)c2ccccc2C1=O)C(=O)Nc1cccc(S(=O)(=O)N(C)C)c1. The van der Waals surface area contributed by atoms with Crippen LogP contribution in [0.2, 0.25) is 0 Å². The van der Waals surface area contributed by atoms with Crippen LogP contribution in [0, 0.1) is 0 Å². The number of nitrogens with zero attached hydrogens (tertiary/aromatic N) is 2. The first-order chi connectivity index (χ1) is 15.5. The molecule has 0 unspecified atom stereocenters. The minimum atomic E-state index is -3.68. The smallest absolute Gasteiger partial charge is 0.308 e. The topological polar surface area (TPSA) is 130 Å². The fraction of sp³-hybridized carbons (Fsp3) is 0.273. The van der Waals surface area contributed by atoms with Crippen molar-refractivity contribution in [2.24, 2.45) is 0 Å². The quantitative estimate of drug-likeness (QED) is 0.454. The van der Waals surface area contributed by atoms with Crippen molar-refractivity contribution in [3.8, 4) is 0 Å². The minimum Gasteiger partial charge on any atom is -0.452 e. The Labute approximate surface area is 191 Å². The van der Waals surface area contributed by atoms with Gasteiger partial charge >= 0.3 is 5.97 Å². The summed E-state index contributed by atoms with van der Waals surface area (Å²) in [5.41, 5.74) is 0.779. The van der Waals surface area contributed by atoms with Crippen molar-refractivity contribution in [1.82, 2.24) is 9.21 Å². The second-order valence-electron chi connectivity index (χ2n) is 7.49. The van der Waals surface area contributed by atoms with Crippen molar-refractivity contribution in [2.45, 2.75) is 24.3 Å². The number of hydrogen-bond donors (Lipinski definition) is 1. The van der Waals surface area contributed by atoms with E-state index in [9.17, 15) is 27.6 Å². The molecule has 0 saturated heterocycles. The maximum Gasteiger partial charge on any atom is 0.308 e. The number of esters is 1. The van der Waals surface area contributed by atoms with Gasteiger partial charge in [-0.25, -0.2) is 12.7 Å². The average molecular weight is 474 g/mol. The van der Waals surface area contributed by atoms with Gasteiger partial charge in [-0.2, -0.15) is 0 Å². The predicted octanol–water partition coefficient (Wildman–Crippen LogP) is 1.49. The third kappa shape index (κ3) is 5.10. The number of nitrogens with one attached hydrogen (secondary N) is 1. The third-order valence-corrected chi connectivity index (χ3v) is 6.79. The Balaban J connectivity index is 1.55. The van der Waals surface area contributed by atoms with Gasteiger partial charge in [-0.15, -0.1) is 0 Å². The van der Waals surface area contributed by atoms with Crippen molar-refractivity contribution >= 4 is 39.4 Å². The van der Waals surface area contributed by atoms with Crippen LogP contribution in [0.5, 0.6) is 0 Å². The molecule has 3 amide bonds. The highest BCUT2D eigenvalue weighted by Crippen LogP contribution is 2.22. The molecule has 11 heteroatoms. The largest absolute Gasteiger partial charge is 0.452 e. The van der Waals surface area contributed by atoms with Gasteiger partial charge in [0.05, 0.1) is 22.4 Å². The number of hydrogen-bond acceptors (Lipinski definition) is 7. The normalized spacial score (nSPS) is 14.2. The van der Waals surface area contributed by atoms with Gasteiger partial charge in [-0.1, -0.05) is 18.2 Å². The number of benzene rings is 2.